The third kappa shape index (κ3) is 5.95. The average Bonchev–Trinajstić information content (AvgIpc) is 3.56. The molecule has 0 unspecified atom stereocenters. The van der Waals surface area contributed by atoms with E-state index >= 15 is 0 Å². The molecule has 1 saturated carbocycles. The molecule has 0 spiro atoms. The van der Waals surface area contributed by atoms with E-state index in [2.05, 4.69) is 48.4 Å². The number of pyridine rings is 1. The van der Waals surface area contributed by atoms with Gasteiger partial charge in [0.05, 0.1) is 40.4 Å². The van der Waals surface area contributed by atoms with Crippen molar-refractivity contribution in [3.63, 3.8) is 0 Å². The maximum atomic E-state index is 12.6. The normalized spacial score (nSPS) is 14.6. The van der Waals surface area contributed by atoms with Crippen LogP contribution in [0.25, 0.3) is 0 Å². The summed E-state index contributed by atoms with van der Waals surface area (Å²) in [6.45, 7) is 3.68. The third-order valence-electron chi connectivity index (χ3n) is 4.76. The third-order valence-corrected chi connectivity index (χ3v) is 5.57. The van der Waals surface area contributed by atoms with Crippen LogP contribution in [0.1, 0.15) is 18.5 Å². The molecule has 2 amide bonds. The molecule has 8 nitrogen and oxygen atoms in total. The lowest BCUT2D eigenvalue weighted by atomic mass is 10.2. The molecule has 1 fully saturated rings. The number of carbonyl (C=O) groups is 2. The Kier molecular flexibility index (Phi) is 7.66. The molecule has 0 radical (unpaired) electrons. The fraction of sp³-hybridized carbons (Fsp3) is 0.182. The molecule has 5 N–H and O–H groups in total. The number of halogens is 2. The minimum atomic E-state index is -0.937. The van der Waals surface area contributed by atoms with Gasteiger partial charge in [-0.1, -0.05) is 34.1 Å². The van der Waals surface area contributed by atoms with E-state index in [9.17, 15) is 9.59 Å². The number of aromatic nitrogens is 1. The standard InChI is InChI=1S/C22H22BrClN6O2/c1-2-26-11-14(10-25)20(31)30-22(7-8-22)21(32)28-12-16-4-5-17(13-27-16)29-19-6-3-15(23)9-18(19)24/h2-6,9-11,13,29H,1,7-8,12,25H2,(H,28,32)(H,30,31)/b14-10+,26-11-. The number of benzene rings is 1. The number of nitrogens with two attached hydrogens (primary N) is 1. The number of nitrogens with one attached hydrogen (secondary N) is 3. The van der Waals surface area contributed by atoms with Crippen LogP contribution in [-0.2, 0) is 16.1 Å². The summed E-state index contributed by atoms with van der Waals surface area (Å²) in [5.41, 5.74) is 6.88. The van der Waals surface area contributed by atoms with E-state index in [1.165, 1.54) is 12.4 Å². The molecule has 1 heterocycles. The molecular weight excluding hydrogens is 496 g/mol. The van der Waals surface area contributed by atoms with Crippen LogP contribution in [0.5, 0.6) is 0 Å². The summed E-state index contributed by atoms with van der Waals surface area (Å²) in [6.07, 6.45) is 6.47. The van der Waals surface area contributed by atoms with Crippen LogP contribution in [0.15, 0.2) is 70.5 Å². The molecule has 2 aromatic rings. The Hall–Kier alpha value is -3.17. The minimum Gasteiger partial charge on any atom is -0.404 e. The van der Waals surface area contributed by atoms with Gasteiger partial charge in [0.25, 0.3) is 5.91 Å². The highest BCUT2D eigenvalue weighted by Crippen LogP contribution is 2.36. The second-order valence-electron chi connectivity index (χ2n) is 7.09. The van der Waals surface area contributed by atoms with Crippen molar-refractivity contribution in [3.8, 4) is 0 Å². The Balaban J connectivity index is 1.55. The maximum absolute atomic E-state index is 12.6. The van der Waals surface area contributed by atoms with Crippen molar-refractivity contribution in [2.75, 3.05) is 5.32 Å². The van der Waals surface area contributed by atoms with Crippen LogP contribution < -0.4 is 21.7 Å². The molecular formula is C22H22BrClN6O2. The first kappa shape index (κ1) is 23.5. The van der Waals surface area contributed by atoms with Crippen LogP contribution in [0.4, 0.5) is 11.4 Å². The van der Waals surface area contributed by atoms with E-state index in [0.29, 0.717) is 23.6 Å². The monoisotopic (exact) mass is 516 g/mol. The number of carbonyl (C=O) groups excluding carboxylic acids is 2. The van der Waals surface area contributed by atoms with Crippen molar-refractivity contribution in [1.82, 2.24) is 15.6 Å². The van der Waals surface area contributed by atoms with Gasteiger partial charge in [0.15, 0.2) is 0 Å². The van der Waals surface area contributed by atoms with Gasteiger partial charge >= 0.3 is 0 Å². The van der Waals surface area contributed by atoms with Gasteiger partial charge in [-0.25, -0.2) is 0 Å². The Morgan fingerprint density at radius 2 is 2.09 bits per heavy atom. The Morgan fingerprint density at radius 1 is 1.31 bits per heavy atom. The quantitative estimate of drug-likeness (QED) is 0.299. The number of anilines is 2. The smallest absolute Gasteiger partial charge is 0.255 e. The molecule has 3 rings (SSSR count). The SMILES string of the molecule is C=C/N=C\C(=C/N)C(=O)NC1(C(=O)NCc2ccc(Nc3ccc(Br)cc3Cl)cn2)CC1. The Bertz CT molecular complexity index is 1080. The summed E-state index contributed by atoms with van der Waals surface area (Å²) in [7, 11) is 0. The molecule has 1 aliphatic carbocycles. The zero-order chi connectivity index (χ0) is 23.1. The van der Waals surface area contributed by atoms with Gasteiger partial charge in [-0.3, -0.25) is 19.6 Å². The number of hydrogen-bond donors (Lipinski definition) is 4. The van der Waals surface area contributed by atoms with Crippen molar-refractivity contribution in [1.29, 1.82) is 0 Å². The fourth-order valence-corrected chi connectivity index (χ4v) is 3.54. The molecule has 32 heavy (non-hydrogen) atoms. The number of nitrogens with zero attached hydrogens (tertiary/aromatic N) is 2. The molecule has 0 atom stereocenters. The van der Waals surface area contributed by atoms with Crippen molar-refractivity contribution in [3.05, 3.63) is 76.3 Å². The van der Waals surface area contributed by atoms with Crippen molar-refractivity contribution < 1.29 is 9.59 Å². The first-order chi connectivity index (χ1) is 15.4. The Labute approximate surface area is 199 Å². The lowest BCUT2D eigenvalue weighted by molar-refractivity contribution is -0.128. The van der Waals surface area contributed by atoms with Crippen LogP contribution in [0, 0.1) is 0 Å². The minimum absolute atomic E-state index is 0.152. The maximum Gasteiger partial charge on any atom is 0.255 e. The van der Waals surface area contributed by atoms with Gasteiger partial charge in [0.1, 0.15) is 5.54 Å². The van der Waals surface area contributed by atoms with E-state index in [1.807, 2.05) is 18.2 Å². The molecule has 1 aromatic carbocycles. The second kappa shape index (κ2) is 10.4. The molecule has 1 aromatic heterocycles. The second-order valence-corrected chi connectivity index (χ2v) is 8.41. The number of hydrogen-bond acceptors (Lipinski definition) is 6. The number of rotatable bonds is 9. The topological polar surface area (TPSA) is 121 Å². The molecule has 0 saturated heterocycles. The lowest BCUT2D eigenvalue weighted by Gasteiger charge is -2.17. The molecule has 10 heteroatoms. The van der Waals surface area contributed by atoms with Crippen LogP contribution in [-0.4, -0.2) is 28.6 Å². The zero-order valence-electron chi connectivity index (χ0n) is 17.1. The van der Waals surface area contributed by atoms with Crippen LogP contribution >= 0.6 is 27.5 Å². The van der Waals surface area contributed by atoms with E-state index in [4.69, 9.17) is 17.3 Å². The van der Waals surface area contributed by atoms with Crippen molar-refractivity contribution in [2.45, 2.75) is 24.9 Å². The predicted molar refractivity (Wildman–Crippen MR) is 130 cm³/mol. The van der Waals surface area contributed by atoms with E-state index in [-0.39, 0.29) is 18.0 Å². The first-order valence-corrected chi connectivity index (χ1v) is 10.9. The highest BCUT2D eigenvalue weighted by atomic mass is 79.9. The van der Waals surface area contributed by atoms with Gasteiger partial charge in [-0.2, -0.15) is 0 Å². The zero-order valence-corrected chi connectivity index (χ0v) is 19.4. The highest BCUT2D eigenvalue weighted by molar-refractivity contribution is 9.10. The average molecular weight is 518 g/mol. The first-order valence-electron chi connectivity index (χ1n) is 9.70. The summed E-state index contributed by atoms with van der Waals surface area (Å²) < 4.78 is 0.891. The van der Waals surface area contributed by atoms with Crippen LogP contribution in [0.3, 0.4) is 0 Å². The van der Waals surface area contributed by atoms with Gasteiger partial charge in [0.2, 0.25) is 5.91 Å². The van der Waals surface area contributed by atoms with E-state index in [1.54, 1.807) is 18.3 Å². The van der Waals surface area contributed by atoms with E-state index in [0.717, 1.165) is 22.0 Å². The van der Waals surface area contributed by atoms with Gasteiger partial charge in [0, 0.05) is 23.1 Å². The summed E-state index contributed by atoms with van der Waals surface area (Å²) in [6, 6.07) is 9.19. The highest BCUT2D eigenvalue weighted by Gasteiger charge is 2.51. The van der Waals surface area contributed by atoms with Gasteiger partial charge < -0.3 is 21.7 Å². The molecule has 1 aliphatic rings. The Morgan fingerprint density at radius 3 is 2.69 bits per heavy atom. The number of amides is 2. The lowest BCUT2D eigenvalue weighted by Crippen LogP contribution is -2.49. The summed E-state index contributed by atoms with van der Waals surface area (Å²) >= 11 is 9.59. The van der Waals surface area contributed by atoms with Crippen molar-refractivity contribution in [2.24, 2.45) is 10.7 Å². The predicted octanol–water partition coefficient (Wildman–Crippen LogP) is 3.56. The molecule has 166 valence electrons. The molecule has 0 aliphatic heterocycles. The largest absolute Gasteiger partial charge is 0.404 e. The van der Waals surface area contributed by atoms with Gasteiger partial charge in [-0.05, 0) is 43.2 Å². The fourth-order valence-electron chi connectivity index (χ4n) is 2.82. The van der Waals surface area contributed by atoms with E-state index < -0.39 is 11.4 Å². The van der Waals surface area contributed by atoms with Crippen LogP contribution in [0.2, 0.25) is 5.02 Å². The molecule has 0 bridgehead atoms. The van der Waals surface area contributed by atoms with Gasteiger partial charge in [-0.15, -0.1) is 0 Å². The summed E-state index contributed by atoms with van der Waals surface area (Å²) in [5.74, 6) is -0.737. The number of aliphatic imine (C=N–C) groups is 1. The van der Waals surface area contributed by atoms with Crippen molar-refractivity contribution >= 4 is 56.9 Å². The summed E-state index contributed by atoms with van der Waals surface area (Å²) in [4.78, 5) is 33.1. The summed E-state index contributed by atoms with van der Waals surface area (Å²) in [5, 5.41) is 9.34.